The number of nitrogens with zero attached hydrogens (tertiary/aromatic N) is 1. The zero-order chi connectivity index (χ0) is 15.6. The van der Waals surface area contributed by atoms with Gasteiger partial charge in [-0.1, -0.05) is 25.0 Å². The van der Waals surface area contributed by atoms with Crippen LogP contribution in [0.4, 0.5) is 0 Å². The monoisotopic (exact) mass is 310 g/mol. The molecule has 21 heavy (non-hydrogen) atoms. The zero-order valence-corrected chi connectivity index (χ0v) is 13.3. The van der Waals surface area contributed by atoms with Gasteiger partial charge in [0.1, 0.15) is 0 Å². The lowest BCUT2D eigenvalue weighted by atomic mass is 10.0. The fourth-order valence-electron chi connectivity index (χ4n) is 2.89. The second kappa shape index (κ2) is 6.15. The molecule has 5 nitrogen and oxygen atoms in total. The number of nitrogens with two attached hydrogens (primary N) is 1. The van der Waals surface area contributed by atoms with Crippen LogP contribution in [0.25, 0.3) is 0 Å². The third-order valence-corrected chi connectivity index (χ3v) is 4.91. The van der Waals surface area contributed by atoms with Crippen LogP contribution in [-0.2, 0) is 10.0 Å². The number of hydrogen-bond acceptors (Lipinski definition) is 3. The molecule has 1 aromatic carbocycles. The van der Waals surface area contributed by atoms with Crippen molar-refractivity contribution in [1.29, 1.82) is 0 Å². The Kier molecular flexibility index (Phi) is 4.68. The van der Waals surface area contributed by atoms with Gasteiger partial charge in [0, 0.05) is 13.1 Å². The van der Waals surface area contributed by atoms with Crippen molar-refractivity contribution in [1.82, 2.24) is 4.90 Å². The van der Waals surface area contributed by atoms with Crippen LogP contribution in [-0.4, -0.2) is 32.3 Å². The molecular weight excluding hydrogens is 288 g/mol. The third-order valence-electron chi connectivity index (χ3n) is 3.94. The molecule has 0 radical (unpaired) electrons. The van der Waals surface area contributed by atoms with Crippen molar-refractivity contribution in [2.24, 2.45) is 11.1 Å². The molecule has 1 atom stereocenters. The molecule has 1 aliphatic rings. The molecule has 0 saturated carbocycles. The maximum atomic E-state index is 12.6. The normalized spacial score (nSPS) is 19.0. The smallest absolute Gasteiger partial charge is 0.255 e. The molecule has 2 rings (SSSR count). The molecule has 1 saturated heterocycles. The van der Waals surface area contributed by atoms with Crippen LogP contribution in [0.1, 0.15) is 42.1 Å². The average molecular weight is 310 g/mol. The third kappa shape index (κ3) is 3.63. The number of likely N-dealkylation sites (tertiary alicyclic amines) is 1. The van der Waals surface area contributed by atoms with E-state index in [1.807, 2.05) is 6.92 Å². The molecule has 2 N–H and O–H groups in total. The van der Waals surface area contributed by atoms with E-state index >= 15 is 0 Å². The number of benzene rings is 1. The van der Waals surface area contributed by atoms with Gasteiger partial charge in [-0.05, 0) is 37.8 Å². The van der Waals surface area contributed by atoms with E-state index in [2.05, 4.69) is 6.92 Å². The highest BCUT2D eigenvalue weighted by molar-refractivity contribution is 7.89. The van der Waals surface area contributed by atoms with Crippen LogP contribution in [0.5, 0.6) is 0 Å². The van der Waals surface area contributed by atoms with Crippen molar-refractivity contribution in [2.75, 3.05) is 13.1 Å². The number of primary sulfonamides is 1. The molecule has 1 fully saturated rings. The molecule has 1 aliphatic heterocycles. The summed E-state index contributed by atoms with van der Waals surface area (Å²) in [6.45, 7) is 5.34. The van der Waals surface area contributed by atoms with Crippen molar-refractivity contribution in [2.45, 2.75) is 38.0 Å². The first kappa shape index (κ1) is 16.0. The topological polar surface area (TPSA) is 80.5 Å². The summed E-state index contributed by atoms with van der Waals surface area (Å²) in [4.78, 5) is 14.3. The summed E-state index contributed by atoms with van der Waals surface area (Å²) < 4.78 is 23.3. The standard InChI is InChI=1S/C15H22N2O3S/c1-3-4-12-7-8-17(10-12)15(18)13-9-11(2)5-6-14(13)21(16,19)20/h5-6,9,12H,3-4,7-8,10H2,1-2H3,(H2,16,19,20). The number of carbonyl (C=O) groups is 1. The van der Waals surface area contributed by atoms with Gasteiger partial charge in [-0.2, -0.15) is 0 Å². The lowest BCUT2D eigenvalue weighted by Gasteiger charge is -2.18. The number of aryl methyl sites for hydroxylation is 1. The Bertz CT molecular complexity index is 640. The molecule has 1 unspecified atom stereocenters. The van der Waals surface area contributed by atoms with Crippen molar-refractivity contribution >= 4 is 15.9 Å². The fraction of sp³-hybridized carbons (Fsp3) is 0.533. The maximum Gasteiger partial charge on any atom is 0.255 e. The summed E-state index contributed by atoms with van der Waals surface area (Å²) in [7, 11) is -3.90. The quantitative estimate of drug-likeness (QED) is 0.922. The molecule has 6 heteroatoms. The number of sulfonamides is 1. The average Bonchev–Trinajstić information content (AvgIpc) is 2.85. The Morgan fingerprint density at radius 3 is 2.76 bits per heavy atom. The van der Waals surface area contributed by atoms with Crippen molar-refractivity contribution in [3.05, 3.63) is 29.3 Å². The fourth-order valence-corrected chi connectivity index (χ4v) is 3.60. The van der Waals surface area contributed by atoms with Gasteiger partial charge in [-0.3, -0.25) is 4.79 Å². The Hall–Kier alpha value is -1.40. The number of amides is 1. The highest BCUT2D eigenvalue weighted by Crippen LogP contribution is 2.25. The summed E-state index contributed by atoms with van der Waals surface area (Å²) in [5.74, 6) is 0.281. The first-order valence-corrected chi connectivity index (χ1v) is 8.80. The molecule has 1 amide bonds. The molecule has 0 aromatic heterocycles. The summed E-state index contributed by atoms with van der Waals surface area (Å²) in [5, 5.41) is 5.22. The van der Waals surface area contributed by atoms with Gasteiger partial charge in [-0.15, -0.1) is 0 Å². The highest BCUT2D eigenvalue weighted by Gasteiger charge is 2.29. The van der Waals surface area contributed by atoms with Gasteiger partial charge < -0.3 is 4.90 Å². The predicted octanol–water partition coefficient (Wildman–Crippen LogP) is 1.90. The summed E-state index contributed by atoms with van der Waals surface area (Å²) in [6, 6.07) is 4.67. The minimum absolute atomic E-state index is 0.0861. The van der Waals surface area contributed by atoms with E-state index in [0.29, 0.717) is 19.0 Å². The van der Waals surface area contributed by atoms with E-state index in [0.717, 1.165) is 24.8 Å². The van der Waals surface area contributed by atoms with E-state index in [1.54, 1.807) is 17.0 Å². The Morgan fingerprint density at radius 2 is 2.14 bits per heavy atom. The molecule has 0 aliphatic carbocycles. The molecular formula is C15H22N2O3S. The minimum atomic E-state index is -3.90. The van der Waals surface area contributed by atoms with E-state index in [9.17, 15) is 13.2 Å². The molecule has 0 spiro atoms. The summed E-state index contributed by atoms with van der Waals surface area (Å²) in [5.41, 5.74) is 1.03. The Balaban J connectivity index is 2.30. The number of hydrogen-bond donors (Lipinski definition) is 1. The van der Waals surface area contributed by atoms with E-state index in [1.165, 1.54) is 6.07 Å². The second-order valence-electron chi connectivity index (χ2n) is 5.74. The van der Waals surface area contributed by atoms with Crippen LogP contribution >= 0.6 is 0 Å². The second-order valence-corrected chi connectivity index (χ2v) is 7.27. The van der Waals surface area contributed by atoms with E-state index in [4.69, 9.17) is 5.14 Å². The van der Waals surface area contributed by atoms with Crippen LogP contribution in [0.15, 0.2) is 23.1 Å². The van der Waals surface area contributed by atoms with E-state index in [-0.39, 0.29) is 16.4 Å². The molecule has 1 heterocycles. The van der Waals surface area contributed by atoms with Gasteiger partial charge in [0.2, 0.25) is 10.0 Å². The van der Waals surface area contributed by atoms with Crippen LogP contribution in [0.2, 0.25) is 0 Å². The first-order valence-electron chi connectivity index (χ1n) is 7.25. The van der Waals surface area contributed by atoms with Crippen LogP contribution in [0, 0.1) is 12.8 Å². The Morgan fingerprint density at radius 1 is 1.43 bits per heavy atom. The van der Waals surface area contributed by atoms with Gasteiger partial charge in [0.15, 0.2) is 0 Å². The van der Waals surface area contributed by atoms with Crippen molar-refractivity contribution in [3.8, 4) is 0 Å². The van der Waals surface area contributed by atoms with Crippen LogP contribution in [0.3, 0.4) is 0 Å². The maximum absolute atomic E-state index is 12.6. The van der Waals surface area contributed by atoms with Crippen LogP contribution < -0.4 is 5.14 Å². The van der Waals surface area contributed by atoms with Crippen molar-refractivity contribution in [3.63, 3.8) is 0 Å². The van der Waals surface area contributed by atoms with Gasteiger partial charge in [-0.25, -0.2) is 13.6 Å². The van der Waals surface area contributed by atoms with E-state index < -0.39 is 10.0 Å². The van der Waals surface area contributed by atoms with Gasteiger partial charge >= 0.3 is 0 Å². The van der Waals surface area contributed by atoms with Gasteiger partial charge in [0.25, 0.3) is 5.91 Å². The molecule has 0 bridgehead atoms. The molecule has 1 aromatic rings. The predicted molar refractivity (Wildman–Crippen MR) is 81.5 cm³/mol. The summed E-state index contributed by atoms with van der Waals surface area (Å²) in [6.07, 6.45) is 3.18. The SMILES string of the molecule is CCCC1CCN(C(=O)c2cc(C)ccc2S(N)(=O)=O)C1. The largest absolute Gasteiger partial charge is 0.338 e. The number of rotatable bonds is 4. The molecule has 116 valence electrons. The lowest BCUT2D eigenvalue weighted by molar-refractivity contribution is 0.0782. The van der Waals surface area contributed by atoms with Gasteiger partial charge in [0.05, 0.1) is 10.5 Å². The number of carbonyl (C=O) groups excluding carboxylic acids is 1. The first-order chi connectivity index (χ1) is 9.82. The Labute approximate surface area is 126 Å². The summed E-state index contributed by atoms with van der Waals surface area (Å²) >= 11 is 0. The van der Waals surface area contributed by atoms with Crippen molar-refractivity contribution < 1.29 is 13.2 Å². The highest BCUT2D eigenvalue weighted by atomic mass is 32.2. The zero-order valence-electron chi connectivity index (χ0n) is 12.5. The minimum Gasteiger partial charge on any atom is -0.338 e. The lowest BCUT2D eigenvalue weighted by Crippen LogP contribution is -2.30.